The molecule has 1 unspecified atom stereocenters. The number of unbranched alkanes of at least 4 members (excludes halogenated alkanes) is 1. The van der Waals surface area contributed by atoms with Crippen LogP contribution >= 0.6 is 0 Å². The number of amides is 1. The molecule has 1 aliphatic rings. The predicted molar refractivity (Wildman–Crippen MR) is 67.3 cm³/mol. The Bertz CT molecular complexity index is 321. The number of nitrogens with one attached hydrogen (secondary N) is 1. The molecule has 8 heteroatoms. The smallest absolute Gasteiger partial charge is 0.326 e. The Kier molecular flexibility index (Phi) is 8.47. The summed E-state index contributed by atoms with van der Waals surface area (Å²) in [7, 11) is 0. The number of hydrogen-bond donors (Lipinski definition) is 5. The Morgan fingerprint density at radius 1 is 1.37 bits per heavy atom. The second-order valence-corrected chi connectivity index (χ2v) is 4.23. The van der Waals surface area contributed by atoms with Gasteiger partial charge in [0.1, 0.15) is 12.1 Å². The van der Waals surface area contributed by atoms with Crippen LogP contribution in [0.3, 0.4) is 0 Å². The van der Waals surface area contributed by atoms with Crippen molar-refractivity contribution in [2.45, 2.75) is 44.2 Å². The fraction of sp³-hybridized carbons (Fsp3) is 0.727. The molecule has 0 aliphatic carbocycles. The number of carboxylic acids is 2. The van der Waals surface area contributed by atoms with Gasteiger partial charge in [0.2, 0.25) is 5.91 Å². The van der Waals surface area contributed by atoms with Crippen molar-refractivity contribution in [3.05, 3.63) is 0 Å². The van der Waals surface area contributed by atoms with Crippen LogP contribution in [0.5, 0.6) is 0 Å². The van der Waals surface area contributed by atoms with Crippen LogP contribution in [0, 0.1) is 0 Å². The van der Waals surface area contributed by atoms with Gasteiger partial charge in [-0.05, 0) is 25.8 Å². The maximum atomic E-state index is 10.4. The molecule has 0 aromatic carbocycles. The van der Waals surface area contributed by atoms with E-state index in [0.29, 0.717) is 25.8 Å². The Morgan fingerprint density at radius 2 is 2.00 bits per heavy atom. The number of carbonyl (C=O) groups excluding carboxylic acids is 1. The molecule has 0 saturated carbocycles. The lowest BCUT2D eigenvalue weighted by molar-refractivity contribution is -0.140. The summed E-state index contributed by atoms with van der Waals surface area (Å²) < 4.78 is 0. The monoisotopic (exact) mass is 275 g/mol. The third-order valence-electron chi connectivity index (χ3n) is 2.58. The van der Waals surface area contributed by atoms with Crippen LogP contribution in [0.4, 0.5) is 0 Å². The molecular weight excluding hydrogens is 254 g/mol. The second-order valence-electron chi connectivity index (χ2n) is 4.23. The van der Waals surface area contributed by atoms with Crippen LogP contribution in [-0.2, 0) is 14.4 Å². The van der Waals surface area contributed by atoms with E-state index >= 15 is 0 Å². The molecule has 1 aliphatic heterocycles. The number of rotatable bonds is 6. The third-order valence-corrected chi connectivity index (χ3v) is 2.58. The summed E-state index contributed by atoms with van der Waals surface area (Å²) in [6.07, 6.45) is 2.93. The molecule has 0 aromatic heterocycles. The van der Waals surface area contributed by atoms with Gasteiger partial charge in [0.05, 0.1) is 0 Å². The Labute approximate surface area is 111 Å². The summed E-state index contributed by atoms with van der Waals surface area (Å²) in [5, 5.41) is 19.0. The molecule has 1 heterocycles. The molecule has 0 radical (unpaired) electrons. The summed E-state index contributed by atoms with van der Waals surface area (Å²) in [5.41, 5.74) is 10.4. The molecule has 0 aromatic rings. The van der Waals surface area contributed by atoms with E-state index in [1.165, 1.54) is 0 Å². The van der Waals surface area contributed by atoms with Gasteiger partial charge < -0.3 is 27.0 Å². The van der Waals surface area contributed by atoms with E-state index in [1.807, 2.05) is 0 Å². The van der Waals surface area contributed by atoms with Crippen molar-refractivity contribution in [2.75, 3.05) is 6.54 Å². The normalized spacial score (nSPS) is 19.1. The molecule has 8 nitrogen and oxygen atoms in total. The van der Waals surface area contributed by atoms with Crippen molar-refractivity contribution in [2.24, 2.45) is 11.5 Å². The molecule has 1 fully saturated rings. The highest BCUT2D eigenvalue weighted by Gasteiger charge is 2.26. The maximum Gasteiger partial charge on any atom is 0.326 e. The molecule has 0 bridgehead atoms. The Balaban J connectivity index is 0.000000342. The zero-order valence-electron chi connectivity index (χ0n) is 10.7. The van der Waals surface area contributed by atoms with E-state index in [1.54, 1.807) is 0 Å². The first-order valence-corrected chi connectivity index (χ1v) is 6.09. The lowest BCUT2D eigenvalue weighted by Gasteiger charge is -2.03. The average Bonchev–Trinajstić information content (AvgIpc) is 2.77. The standard InChI is InChI=1S/C6H14N2O2.C5H7NO3/c7-4-2-1-3-5(8)6(9)10;7-4-2-1-3(6-4)5(8)9/h5H,1-4,7-8H2,(H,9,10);3H,1-2H2,(H,6,7)(H,8,9)/t;3-/m.0/s1. The van der Waals surface area contributed by atoms with Crippen molar-refractivity contribution in [3.8, 4) is 0 Å². The highest BCUT2D eigenvalue weighted by Crippen LogP contribution is 2.05. The molecule has 2 atom stereocenters. The predicted octanol–water partition coefficient (Wildman–Crippen LogP) is -1.12. The fourth-order valence-corrected chi connectivity index (χ4v) is 1.43. The Morgan fingerprint density at radius 3 is 2.32 bits per heavy atom. The minimum absolute atomic E-state index is 0.164. The summed E-state index contributed by atoms with van der Waals surface area (Å²) in [4.78, 5) is 30.7. The van der Waals surface area contributed by atoms with Crippen LogP contribution in [-0.4, -0.2) is 46.7 Å². The molecule has 0 spiro atoms. The second kappa shape index (κ2) is 9.29. The highest BCUT2D eigenvalue weighted by molar-refractivity contribution is 5.87. The Hall–Kier alpha value is -1.67. The highest BCUT2D eigenvalue weighted by atomic mass is 16.4. The van der Waals surface area contributed by atoms with Crippen LogP contribution in [0.1, 0.15) is 32.1 Å². The van der Waals surface area contributed by atoms with Crippen LogP contribution in [0.2, 0.25) is 0 Å². The van der Waals surface area contributed by atoms with E-state index in [0.717, 1.165) is 12.8 Å². The van der Waals surface area contributed by atoms with Crippen molar-refractivity contribution in [1.29, 1.82) is 0 Å². The molecule has 1 amide bonds. The average molecular weight is 275 g/mol. The summed E-state index contributed by atoms with van der Waals surface area (Å²) in [5.74, 6) is -2.04. The maximum absolute atomic E-state index is 10.4. The van der Waals surface area contributed by atoms with Gasteiger partial charge in [-0.3, -0.25) is 9.59 Å². The number of carboxylic acid groups (broad SMARTS) is 2. The number of nitrogens with two attached hydrogens (primary N) is 2. The zero-order chi connectivity index (χ0) is 14.8. The summed E-state index contributed by atoms with van der Waals surface area (Å²) >= 11 is 0. The molecule has 1 saturated heterocycles. The first-order chi connectivity index (χ1) is 8.88. The van der Waals surface area contributed by atoms with Crippen molar-refractivity contribution in [1.82, 2.24) is 5.32 Å². The first kappa shape index (κ1) is 17.3. The van der Waals surface area contributed by atoms with Gasteiger partial charge in [-0.25, -0.2) is 4.79 Å². The van der Waals surface area contributed by atoms with E-state index in [9.17, 15) is 14.4 Å². The van der Waals surface area contributed by atoms with Gasteiger partial charge in [0.25, 0.3) is 0 Å². The van der Waals surface area contributed by atoms with Crippen LogP contribution < -0.4 is 16.8 Å². The van der Waals surface area contributed by atoms with Gasteiger partial charge in [0.15, 0.2) is 0 Å². The van der Waals surface area contributed by atoms with Crippen molar-refractivity contribution in [3.63, 3.8) is 0 Å². The van der Waals surface area contributed by atoms with Crippen molar-refractivity contribution >= 4 is 17.8 Å². The lowest BCUT2D eigenvalue weighted by atomic mass is 10.1. The molecule has 1 rings (SSSR count). The van der Waals surface area contributed by atoms with Gasteiger partial charge in [-0.2, -0.15) is 0 Å². The minimum Gasteiger partial charge on any atom is -0.480 e. The third kappa shape index (κ3) is 8.11. The number of aliphatic carboxylic acids is 2. The SMILES string of the molecule is NCCCCC(N)C(=O)O.O=C1CC[C@@H](C(=O)O)N1. The van der Waals surface area contributed by atoms with Gasteiger partial charge in [0, 0.05) is 6.42 Å². The molecule has 7 N–H and O–H groups in total. The minimum atomic E-state index is -0.944. The zero-order valence-corrected chi connectivity index (χ0v) is 10.7. The molecular formula is C11H21N3O5. The van der Waals surface area contributed by atoms with E-state index in [-0.39, 0.29) is 5.91 Å². The lowest BCUT2D eigenvalue weighted by Crippen LogP contribution is -2.32. The van der Waals surface area contributed by atoms with E-state index in [4.69, 9.17) is 21.7 Å². The summed E-state index contributed by atoms with van der Waals surface area (Å²) in [6, 6.07) is -1.36. The van der Waals surface area contributed by atoms with Crippen LogP contribution in [0.25, 0.3) is 0 Å². The van der Waals surface area contributed by atoms with Gasteiger partial charge in [-0.1, -0.05) is 6.42 Å². The first-order valence-electron chi connectivity index (χ1n) is 6.09. The quantitative estimate of drug-likeness (QED) is 0.384. The number of hydrogen-bond acceptors (Lipinski definition) is 5. The molecule has 19 heavy (non-hydrogen) atoms. The summed E-state index contributed by atoms with van der Waals surface area (Å²) in [6.45, 7) is 0.604. The van der Waals surface area contributed by atoms with Gasteiger partial charge >= 0.3 is 11.9 Å². The number of carbonyl (C=O) groups is 3. The van der Waals surface area contributed by atoms with Crippen molar-refractivity contribution < 1.29 is 24.6 Å². The topological polar surface area (TPSA) is 156 Å². The largest absolute Gasteiger partial charge is 0.480 e. The van der Waals surface area contributed by atoms with E-state index < -0.39 is 24.0 Å². The fourth-order valence-electron chi connectivity index (χ4n) is 1.43. The molecule has 110 valence electrons. The van der Waals surface area contributed by atoms with Crippen LogP contribution in [0.15, 0.2) is 0 Å². The van der Waals surface area contributed by atoms with E-state index in [2.05, 4.69) is 5.32 Å². The van der Waals surface area contributed by atoms with Gasteiger partial charge in [-0.15, -0.1) is 0 Å².